The molecule has 0 aliphatic rings. The van der Waals surface area contributed by atoms with Crippen molar-refractivity contribution in [2.75, 3.05) is 6.54 Å². The highest BCUT2D eigenvalue weighted by Crippen LogP contribution is 2.20. The highest BCUT2D eigenvalue weighted by molar-refractivity contribution is 6.30. The van der Waals surface area contributed by atoms with Gasteiger partial charge in [0.05, 0.1) is 6.10 Å². The van der Waals surface area contributed by atoms with Crippen LogP contribution in [0.25, 0.3) is 0 Å². The Morgan fingerprint density at radius 1 is 1.42 bits per heavy atom. The normalized spacial score (nSPS) is 12.9. The first kappa shape index (κ1) is 15.8. The van der Waals surface area contributed by atoms with Gasteiger partial charge in [0, 0.05) is 11.6 Å². The number of hydrogen-bond donors (Lipinski definition) is 2. The summed E-state index contributed by atoms with van der Waals surface area (Å²) in [6, 6.07) is 6.84. The highest BCUT2D eigenvalue weighted by atomic mass is 35.5. The van der Waals surface area contributed by atoms with Crippen molar-refractivity contribution in [1.29, 1.82) is 0 Å². The van der Waals surface area contributed by atoms with Gasteiger partial charge in [0.2, 0.25) is 0 Å². The Morgan fingerprint density at radius 3 is 2.53 bits per heavy atom. The molecule has 0 spiro atoms. The molecule has 1 atom stereocenters. The second kappa shape index (κ2) is 6.78. The fourth-order valence-electron chi connectivity index (χ4n) is 1.45. The molecular weight excluding hydrogens is 266 g/mol. The lowest BCUT2D eigenvalue weighted by Gasteiger charge is -2.25. The lowest BCUT2D eigenvalue weighted by atomic mass is 10.1. The largest absolute Gasteiger partial charge is 0.478 e. The molecule has 0 saturated carbocycles. The Bertz CT molecular complexity index is 415. The summed E-state index contributed by atoms with van der Waals surface area (Å²) in [5, 5.41) is 12.5. The van der Waals surface area contributed by atoms with E-state index in [0.717, 1.165) is 0 Å². The van der Waals surface area contributed by atoms with Crippen LogP contribution in [0.1, 0.15) is 27.2 Å². The van der Waals surface area contributed by atoms with Crippen LogP contribution in [-0.4, -0.2) is 29.3 Å². The van der Waals surface area contributed by atoms with Gasteiger partial charge < -0.3 is 15.2 Å². The van der Waals surface area contributed by atoms with Crippen molar-refractivity contribution in [2.24, 2.45) is 0 Å². The Kier molecular flexibility index (Phi) is 5.63. The second-order valence-electron chi connectivity index (χ2n) is 4.96. The first-order valence-corrected chi connectivity index (χ1v) is 6.60. The maximum Gasteiger partial charge on any atom is 0.263 e. The van der Waals surface area contributed by atoms with Crippen LogP contribution in [-0.2, 0) is 4.79 Å². The first-order valence-electron chi connectivity index (χ1n) is 6.22. The zero-order valence-corrected chi connectivity index (χ0v) is 12.2. The third kappa shape index (κ3) is 5.49. The predicted molar refractivity (Wildman–Crippen MR) is 75.5 cm³/mol. The van der Waals surface area contributed by atoms with Gasteiger partial charge in [-0.25, -0.2) is 0 Å². The molecule has 0 aromatic heterocycles. The molecule has 0 aliphatic heterocycles. The summed E-state index contributed by atoms with van der Waals surface area (Å²) in [5.41, 5.74) is -0.980. The van der Waals surface area contributed by atoms with Crippen LogP contribution < -0.4 is 10.1 Å². The summed E-state index contributed by atoms with van der Waals surface area (Å²) >= 11 is 5.79. The molecule has 2 N–H and O–H groups in total. The first-order chi connectivity index (χ1) is 8.81. The minimum atomic E-state index is -0.980. The molecule has 5 heteroatoms. The molecule has 0 saturated heterocycles. The van der Waals surface area contributed by atoms with E-state index in [1.807, 2.05) is 0 Å². The van der Waals surface area contributed by atoms with Gasteiger partial charge in [0.25, 0.3) is 5.91 Å². The molecule has 0 radical (unpaired) electrons. The number of ether oxygens (including phenoxy) is 1. The SMILES string of the molecule is CC(O)CCNC(=O)C(C)(C)Oc1ccc(Cl)cc1. The molecule has 0 aliphatic carbocycles. The number of halogens is 1. The van der Waals surface area contributed by atoms with Crippen LogP contribution in [0.3, 0.4) is 0 Å². The van der Waals surface area contributed by atoms with Crippen LogP contribution in [0, 0.1) is 0 Å². The quantitative estimate of drug-likeness (QED) is 0.844. The Hall–Kier alpha value is -1.26. The van der Waals surface area contributed by atoms with Gasteiger partial charge in [-0.05, 0) is 51.5 Å². The number of aliphatic hydroxyl groups is 1. The average Bonchev–Trinajstić information content (AvgIpc) is 2.31. The van der Waals surface area contributed by atoms with Gasteiger partial charge in [-0.3, -0.25) is 4.79 Å². The van der Waals surface area contributed by atoms with Crippen molar-refractivity contribution >= 4 is 17.5 Å². The molecule has 1 aromatic rings. The monoisotopic (exact) mass is 285 g/mol. The summed E-state index contributed by atoms with van der Waals surface area (Å²) in [4.78, 5) is 12.0. The van der Waals surface area contributed by atoms with E-state index in [2.05, 4.69) is 5.32 Å². The van der Waals surface area contributed by atoms with E-state index in [1.54, 1.807) is 45.0 Å². The van der Waals surface area contributed by atoms with Crippen LogP contribution >= 0.6 is 11.6 Å². The maximum atomic E-state index is 12.0. The molecular formula is C14H20ClNO3. The van der Waals surface area contributed by atoms with Crippen LogP contribution in [0.4, 0.5) is 0 Å². The Balaban J connectivity index is 2.54. The van der Waals surface area contributed by atoms with Crippen molar-refractivity contribution in [3.8, 4) is 5.75 Å². The number of aliphatic hydroxyl groups excluding tert-OH is 1. The summed E-state index contributed by atoms with van der Waals surface area (Å²) < 4.78 is 5.64. The van der Waals surface area contributed by atoms with Gasteiger partial charge in [-0.1, -0.05) is 11.6 Å². The molecule has 0 heterocycles. The number of carbonyl (C=O) groups is 1. The standard InChI is InChI=1S/C14H20ClNO3/c1-10(17)8-9-16-13(18)14(2,3)19-12-6-4-11(15)5-7-12/h4-7,10,17H,8-9H2,1-3H3,(H,16,18). The average molecular weight is 286 g/mol. The highest BCUT2D eigenvalue weighted by Gasteiger charge is 2.29. The van der Waals surface area contributed by atoms with Crippen molar-refractivity contribution in [3.05, 3.63) is 29.3 Å². The minimum absolute atomic E-state index is 0.219. The third-order valence-electron chi connectivity index (χ3n) is 2.58. The lowest BCUT2D eigenvalue weighted by Crippen LogP contribution is -2.47. The third-order valence-corrected chi connectivity index (χ3v) is 2.83. The molecule has 0 fully saturated rings. The zero-order valence-electron chi connectivity index (χ0n) is 11.4. The van der Waals surface area contributed by atoms with Crippen molar-refractivity contribution < 1.29 is 14.6 Å². The van der Waals surface area contributed by atoms with E-state index in [-0.39, 0.29) is 5.91 Å². The van der Waals surface area contributed by atoms with Gasteiger partial charge >= 0.3 is 0 Å². The number of amides is 1. The number of nitrogens with one attached hydrogen (secondary N) is 1. The van der Waals surface area contributed by atoms with Crippen LogP contribution in [0.15, 0.2) is 24.3 Å². The summed E-state index contributed by atoms with van der Waals surface area (Å²) in [6.07, 6.45) is 0.0866. The number of rotatable bonds is 6. The fourth-order valence-corrected chi connectivity index (χ4v) is 1.58. The van der Waals surface area contributed by atoms with Crippen LogP contribution in [0.2, 0.25) is 5.02 Å². The Morgan fingerprint density at radius 2 is 2.00 bits per heavy atom. The van der Waals surface area contributed by atoms with E-state index in [9.17, 15) is 4.79 Å². The predicted octanol–water partition coefficient (Wildman–Crippen LogP) is 2.38. The van der Waals surface area contributed by atoms with Crippen molar-refractivity contribution in [2.45, 2.75) is 38.9 Å². The van der Waals surface area contributed by atoms with E-state index >= 15 is 0 Å². The number of hydrogen-bond acceptors (Lipinski definition) is 3. The summed E-state index contributed by atoms with van der Waals surface area (Å²) in [5.74, 6) is 0.364. The maximum absolute atomic E-state index is 12.0. The van der Waals surface area contributed by atoms with E-state index in [4.69, 9.17) is 21.4 Å². The van der Waals surface area contributed by atoms with Gasteiger partial charge in [-0.2, -0.15) is 0 Å². The molecule has 1 rings (SSSR count). The molecule has 0 bridgehead atoms. The van der Waals surface area contributed by atoms with Gasteiger partial charge in [0.1, 0.15) is 5.75 Å². The summed E-state index contributed by atoms with van der Waals surface area (Å²) in [7, 11) is 0. The molecule has 106 valence electrons. The van der Waals surface area contributed by atoms with E-state index in [0.29, 0.717) is 23.7 Å². The number of carbonyl (C=O) groups excluding carboxylic acids is 1. The smallest absolute Gasteiger partial charge is 0.263 e. The summed E-state index contributed by atoms with van der Waals surface area (Å²) in [6.45, 7) is 5.49. The van der Waals surface area contributed by atoms with Crippen LogP contribution in [0.5, 0.6) is 5.75 Å². The van der Waals surface area contributed by atoms with E-state index < -0.39 is 11.7 Å². The van der Waals surface area contributed by atoms with Crippen molar-refractivity contribution in [3.63, 3.8) is 0 Å². The molecule has 4 nitrogen and oxygen atoms in total. The molecule has 1 amide bonds. The van der Waals surface area contributed by atoms with Gasteiger partial charge in [-0.15, -0.1) is 0 Å². The molecule has 1 unspecified atom stereocenters. The molecule has 19 heavy (non-hydrogen) atoms. The second-order valence-corrected chi connectivity index (χ2v) is 5.40. The Labute approximate surface area is 118 Å². The topological polar surface area (TPSA) is 58.6 Å². The van der Waals surface area contributed by atoms with E-state index in [1.165, 1.54) is 0 Å². The lowest BCUT2D eigenvalue weighted by molar-refractivity contribution is -0.134. The minimum Gasteiger partial charge on any atom is -0.478 e. The number of benzene rings is 1. The van der Waals surface area contributed by atoms with Crippen molar-refractivity contribution in [1.82, 2.24) is 5.32 Å². The molecule has 1 aromatic carbocycles. The fraction of sp³-hybridized carbons (Fsp3) is 0.500. The zero-order chi connectivity index (χ0) is 14.5. The van der Waals surface area contributed by atoms with Gasteiger partial charge in [0.15, 0.2) is 5.60 Å².